The van der Waals surface area contributed by atoms with E-state index in [1.807, 2.05) is 30.3 Å². The average Bonchev–Trinajstić information content (AvgIpc) is 2.28. The summed E-state index contributed by atoms with van der Waals surface area (Å²) in [6.45, 7) is 0. The van der Waals surface area contributed by atoms with Crippen LogP contribution in [0.15, 0.2) is 48.5 Å². The van der Waals surface area contributed by atoms with Gasteiger partial charge >= 0.3 is 0 Å². The van der Waals surface area contributed by atoms with Crippen molar-refractivity contribution in [3.63, 3.8) is 0 Å². The highest BCUT2D eigenvalue weighted by Crippen LogP contribution is 2.32. The van der Waals surface area contributed by atoms with Gasteiger partial charge in [0.05, 0.1) is 0 Å². The molecule has 0 atom stereocenters. The second-order valence-electron chi connectivity index (χ2n) is 3.84. The van der Waals surface area contributed by atoms with Gasteiger partial charge in [0.25, 0.3) is 0 Å². The summed E-state index contributed by atoms with van der Waals surface area (Å²) in [6.07, 6.45) is 0. The highest BCUT2D eigenvalue weighted by molar-refractivity contribution is 6.09. The molecule has 0 aromatic heterocycles. The van der Waals surface area contributed by atoms with Crippen LogP contribution in [0.2, 0.25) is 0 Å². The van der Waals surface area contributed by atoms with E-state index in [0.717, 1.165) is 21.5 Å². The van der Waals surface area contributed by atoms with Crippen molar-refractivity contribution < 1.29 is 10.2 Å². The molecule has 3 aromatic carbocycles. The number of hydrogen-bond donors (Lipinski definition) is 2. The molecule has 2 N–H and O–H groups in total. The van der Waals surface area contributed by atoms with Gasteiger partial charge in [-0.15, -0.1) is 0 Å². The lowest BCUT2D eigenvalue weighted by molar-refractivity contribution is 0.476. The molecule has 0 aliphatic heterocycles. The zero-order valence-electron chi connectivity index (χ0n) is 8.51. The predicted molar refractivity (Wildman–Crippen MR) is 64.8 cm³/mol. The Morgan fingerprint density at radius 1 is 0.688 bits per heavy atom. The largest absolute Gasteiger partial charge is 0.508 e. The minimum Gasteiger partial charge on any atom is -0.508 e. The molecule has 0 bridgehead atoms. The van der Waals surface area contributed by atoms with Crippen LogP contribution in [0.25, 0.3) is 21.5 Å². The van der Waals surface area contributed by atoms with Crippen LogP contribution in [0.3, 0.4) is 0 Å². The Morgan fingerprint density at radius 2 is 1.50 bits per heavy atom. The van der Waals surface area contributed by atoms with Gasteiger partial charge in [0, 0.05) is 5.39 Å². The van der Waals surface area contributed by atoms with Crippen molar-refractivity contribution in [2.24, 2.45) is 0 Å². The third kappa shape index (κ3) is 1.20. The number of benzene rings is 3. The first-order chi connectivity index (χ1) is 7.75. The smallest absolute Gasteiger partial charge is 0.123 e. The first-order valence-corrected chi connectivity index (χ1v) is 5.09. The summed E-state index contributed by atoms with van der Waals surface area (Å²) in [5, 5.41) is 23.0. The summed E-state index contributed by atoms with van der Waals surface area (Å²) >= 11 is 0. The van der Waals surface area contributed by atoms with E-state index in [2.05, 4.69) is 0 Å². The topological polar surface area (TPSA) is 40.5 Å². The third-order valence-corrected chi connectivity index (χ3v) is 2.84. The molecule has 3 rings (SSSR count). The highest BCUT2D eigenvalue weighted by atomic mass is 16.3. The van der Waals surface area contributed by atoms with E-state index in [-0.39, 0.29) is 11.5 Å². The fourth-order valence-electron chi connectivity index (χ4n) is 2.07. The van der Waals surface area contributed by atoms with Gasteiger partial charge in [-0.3, -0.25) is 0 Å². The maximum atomic E-state index is 9.74. The lowest BCUT2D eigenvalue weighted by Gasteiger charge is -2.05. The monoisotopic (exact) mass is 210 g/mol. The molecular weight excluding hydrogens is 200 g/mol. The van der Waals surface area contributed by atoms with Crippen molar-refractivity contribution >= 4 is 21.5 Å². The summed E-state index contributed by atoms with van der Waals surface area (Å²) in [4.78, 5) is 0. The number of hydrogen-bond acceptors (Lipinski definition) is 2. The van der Waals surface area contributed by atoms with Gasteiger partial charge in [-0.25, -0.2) is 0 Å². The number of fused-ring (bicyclic) bond motifs is 3. The first-order valence-electron chi connectivity index (χ1n) is 5.09. The molecule has 0 saturated heterocycles. The number of phenols is 2. The fourth-order valence-corrected chi connectivity index (χ4v) is 2.07. The molecule has 16 heavy (non-hydrogen) atoms. The third-order valence-electron chi connectivity index (χ3n) is 2.84. The Balaban J connectivity index is 2.55. The predicted octanol–water partition coefficient (Wildman–Crippen LogP) is 3.40. The Kier molecular flexibility index (Phi) is 1.77. The summed E-state index contributed by atoms with van der Waals surface area (Å²) in [6, 6.07) is 14.5. The summed E-state index contributed by atoms with van der Waals surface area (Å²) in [5.74, 6) is 0.541. The molecular formula is C14H10O2. The van der Waals surface area contributed by atoms with Crippen LogP contribution in [0.1, 0.15) is 0 Å². The van der Waals surface area contributed by atoms with E-state index in [4.69, 9.17) is 0 Å². The molecule has 0 spiro atoms. The van der Waals surface area contributed by atoms with Gasteiger partial charge in [-0.1, -0.05) is 30.3 Å². The van der Waals surface area contributed by atoms with Crippen molar-refractivity contribution in [2.75, 3.05) is 0 Å². The van der Waals surface area contributed by atoms with Crippen molar-refractivity contribution in [1.82, 2.24) is 0 Å². The standard InChI is InChI=1S/C14H10O2/c15-10-5-7-11-9(8-10)4-6-13-12(11)2-1-3-14(13)16/h1-8,15-16H. The summed E-state index contributed by atoms with van der Waals surface area (Å²) < 4.78 is 0. The first kappa shape index (κ1) is 9.04. The van der Waals surface area contributed by atoms with Gasteiger partial charge in [-0.05, 0) is 34.4 Å². The molecule has 78 valence electrons. The fraction of sp³-hybridized carbons (Fsp3) is 0. The Hall–Kier alpha value is -2.22. The van der Waals surface area contributed by atoms with Crippen molar-refractivity contribution in [2.45, 2.75) is 0 Å². The van der Waals surface area contributed by atoms with E-state index < -0.39 is 0 Å². The zero-order valence-corrected chi connectivity index (χ0v) is 8.51. The maximum absolute atomic E-state index is 9.74. The molecule has 0 unspecified atom stereocenters. The van der Waals surface area contributed by atoms with E-state index in [9.17, 15) is 10.2 Å². The molecule has 2 heteroatoms. The lowest BCUT2D eigenvalue weighted by atomic mass is 10.0. The second kappa shape index (κ2) is 3.14. The molecule has 0 amide bonds. The normalized spacial score (nSPS) is 11.0. The minimum absolute atomic E-state index is 0.256. The van der Waals surface area contributed by atoms with Gasteiger partial charge < -0.3 is 10.2 Å². The SMILES string of the molecule is Oc1ccc2c(ccc3c(O)cccc32)c1. The van der Waals surface area contributed by atoms with Crippen LogP contribution in [0, 0.1) is 0 Å². The molecule has 0 aliphatic carbocycles. The number of rotatable bonds is 0. The van der Waals surface area contributed by atoms with E-state index in [1.54, 1.807) is 18.2 Å². The van der Waals surface area contributed by atoms with Crippen molar-refractivity contribution in [3.05, 3.63) is 48.5 Å². The van der Waals surface area contributed by atoms with Gasteiger partial charge in [0.1, 0.15) is 11.5 Å². The van der Waals surface area contributed by atoms with Gasteiger partial charge in [0.15, 0.2) is 0 Å². The van der Waals surface area contributed by atoms with Crippen molar-refractivity contribution in [3.8, 4) is 11.5 Å². The van der Waals surface area contributed by atoms with E-state index in [0.29, 0.717) is 0 Å². The minimum atomic E-state index is 0.256. The van der Waals surface area contributed by atoms with Gasteiger partial charge in [-0.2, -0.15) is 0 Å². The summed E-state index contributed by atoms with van der Waals surface area (Å²) in [7, 11) is 0. The second-order valence-corrected chi connectivity index (χ2v) is 3.84. The maximum Gasteiger partial charge on any atom is 0.123 e. The van der Waals surface area contributed by atoms with Crippen molar-refractivity contribution in [1.29, 1.82) is 0 Å². The van der Waals surface area contributed by atoms with Crippen LogP contribution < -0.4 is 0 Å². The molecule has 0 radical (unpaired) electrons. The number of phenolic OH excluding ortho intramolecular Hbond substituents is 2. The lowest BCUT2D eigenvalue weighted by Crippen LogP contribution is -1.78. The Morgan fingerprint density at radius 3 is 2.38 bits per heavy atom. The quantitative estimate of drug-likeness (QED) is 0.558. The molecule has 0 saturated carbocycles. The Bertz CT molecular complexity index is 687. The molecule has 2 nitrogen and oxygen atoms in total. The Labute approximate surface area is 92.4 Å². The molecule has 0 aliphatic rings. The molecule has 3 aromatic rings. The molecule has 0 heterocycles. The highest BCUT2D eigenvalue weighted by Gasteiger charge is 2.03. The average molecular weight is 210 g/mol. The van der Waals surface area contributed by atoms with Crippen LogP contribution >= 0.6 is 0 Å². The molecule has 0 fully saturated rings. The van der Waals surface area contributed by atoms with Crippen LogP contribution in [-0.2, 0) is 0 Å². The van der Waals surface area contributed by atoms with Crippen LogP contribution in [0.5, 0.6) is 11.5 Å². The zero-order chi connectivity index (χ0) is 11.1. The van der Waals surface area contributed by atoms with E-state index in [1.165, 1.54) is 0 Å². The van der Waals surface area contributed by atoms with Crippen LogP contribution in [0.4, 0.5) is 0 Å². The van der Waals surface area contributed by atoms with E-state index >= 15 is 0 Å². The van der Waals surface area contributed by atoms with Gasteiger partial charge in [0.2, 0.25) is 0 Å². The number of aromatic hydroxyl groups is 2. The summed E-state index contributed by atoms with van der Waals surface area (Å²) in [5.41, 5.74) is 0. The van der Waals surface area contributed by atoms with Crippen LogP contribution in [-0.4, -0.2) is 10.2 Å².